The van der Waals surface area contributed by atoms with Crippen LogP contribution in [0.4, 0.5) is 5.69 Å². The van der Waals surface area contributed by atoms with E-state index in [1.54, 1.807) is 49.6 Å². The maximum Gasteiger partial charge on any atom is 0.266 e. The van der Waals surface area contributed by atoms with Crippen molar-refractivity contribution in [3.63, 3.8) is 0 Å². The molecule has 4 aromatic carbocycles. The number of ether oxygens (including phenoxy) is 2. The Balaban J connectivity index is 1.64. The van der Waals surface area contributed by atoms with Gasteiger partial charge in [-0.15, -0.1) is 0 Å². The summed E-state index contributed by atoms with van der Waals surface area (Å²) >= 11 is 5.99. The van der Waals surface area contributed by atoms with Crippen LogP contribution in [0.25, 0.3) is 16.8 Å². The van der Waals surface area contributed by atoms with E-state index in [2.05, 4.69) is 29.6 Å². The molecule has 0 heterocycles. The summed E-state index contributed by atoms with van der Waals surface area (Å²) in [6.45, 7) is 2.36. The van der Waals surface area contributed by atoms with Crippen LogP contribution in [0, 0.1) is 18.3 Å². The summed E-state index contributed by atoms with van der Waals surface area (Å²) in [5.74, 6) is 0.565. The number of hydrogen-bond acceptors (Lipinski definition) is 4. The van der Waals surface area contributed by atoms with E-state index in [0.717, 1.165) is 21.9 Å². The van der Waals surface area contributed by atoms with Gasteiger partial charge in [0.15, 0.2) is 0 Å². The number of nitriles is 1. The van der Waals surface area contributed by atoms with E-state index in [-0.39, 0.29) is 5.57 Å². The van der Waals surface area contributed by atoms with Crippen molar-refractivity contribution in [2.45, 2.75) is 13.5 Å². The maximum absolute atomic E-state index is 12.8. The van der Waals surface area contributed by atoms with E-state index in [1.165, 1.54) is 6.08 Å². The fourth-order valence-electron chi connectivity index (χ4n) is 3.74. The lowest BCUT2D eigenvalue weighted by Gasteiger charge is -2.15. The Kier molecular flexibility index (Phi) is 7.35. The molecule has 0 atom stereocenters. The van der Waals surface area contributed by atoms with Gasteiger partial charge in [0.05, 0.1) is 7.11 Å². The monoisotopic (exact) mass is 482 g/mol. The quantitative estimate of drug-likeness (QED) is 0.229. The third-order valence-electron chi connectivity index (χ3n) is 5.61. The molecule has 0 aliphatic rings. The topological polar surface area (TPSA) is 71.3 Å². The zero-order valence-corrected chi connectivity index (χ0v) is 20.1. The Morgan fingerprint density at radius 3 is 2.66 bits per heavy atom. The predicted octanol–water partition coefficient (Wildman–Crippen LogP) is 6.93. The number of hydrogen-bond donors (Lipinski definition) is 1. The number of halogens is 1. The number of nitrogens with zero attached hydrogens (tertiary/aromatic N) is 1. The zero-order valence-electron chi connectivity index (χ0n) is 19.3. The normalized spacial score (nSPS) is 11.1. The van der Waals surface area contributed by atoms with Crippen LogP contribution < -0.4 is 14.8 Å². The minimum absolute atomic E-state index is 0.0682. The van der Waals surface area contributed by atoms with Gasteiger partial charge in [0.1, 0.15) is 29.7 Å². The molecule has 174 valence electrons. The molecule has 0 unspecified atom stereocenters. The highest BCUT2D eigenvalue weighted by Crippen LogP contribution is 2.30. The Bertz CT molecular complexity index is 1470. The lowest BCUT2D eigenvalue weighted by molar-refractivity contribution is -0.112. The van der Waals surface area contributed by atoms with E-state index in [1.807, 2.05) is 25.1 Å². The van der Waals surface area contributed by atoms with Gasteiger partial charge >= 0.3 is 0 Å². The molecule has 0 aliphatic carbocycles. The lowest BCUT2D eigenvalue weighted by atomic mass is 10.0. The highest BCUT2D eigenvalue weighted by Gasteiger charge is 2.14. The van der Waals surface area contributed by atoms with Crippen molar-refractivity contribution in [3.8, 4) is 17.6 Å². The Labute approximate surface area is 209 Å². The van der Waals surface area contributed by atoms with Crippen LogP contribution >= 0.6 is 11.6 Å². The standard InChI is InChI=1S/C29H23ClN2O3/c1-19-10-11-20-6-3-4-9-26(20)27(19)18-35-28-16-25(34-2)13-12-21(28)14-22(17-31)29(33)32-24-8-5-7-23(30)15-24/h3-16H,18H2,1-2H3,(H,32,33)/b22-14+. The molecule has 4 aromatic rings. The van der Waals surface area contributed by atoms with Crippen molar-refractivity contribution < 1.29 is 14.3 Å². The van der Waals surface area contributed by atoms with Crippen molar-refractivity contribution in [2.75, 3.05) is 12.4 Å². The average Bonchev–Trinajstić information content (AvgIpc) is 2.87. The van der Waals surface area contributed by atoms with Crippen molar-refractivity contribution in [1.29, 1.82) is 5.26 Å². The first-order chi connectivity index (χ1) is 17.0. The number of nitrogens with one attached hydrogen (secondary N) is 1. The van der Waals surface area contributed by atoms with Gasteiger partial charge in [0.2, 0.25) is 0 Å². The molecule has 0 saturated heterocycles. The molecular formula is C29H23ClN2O3. The second-order valence-electron chi connectivity index (χ2n) is 7.91. The average molecular weight is 483 g/mol. The van der Waals surface area contributed by atoms with Gasteiger partial charge in [-0.1, -0.05) is 54.1 Å². The molecule has 0 saturated carbocycles. The predicted molar refractivity (Wildman–Crippen MR) is 140 cm³/mol. The smallest absolute Gasteiger partial charge is 0.266 e. The van der Waals surface area contributed by atoms with E-state index < -0.39 is 5.91 Å². The summed E-state index contributed by atoms with van der Waals surface area (Å²) < 4.78 is 11.6. The Hall–Kier alpha value is -4.27. The minimum Gasteiger partial charge on any atom is -0.497 e. The zero-order chi connectivity index (χ0) is 24.8. The van der Waals surface area contributed by atoms with Crippen molar-refractivity contribution in [1.82, 2.24) is 0 Å². The molecular weight excluding hydrogens is 460 g/mol. The van der Waals surface area contributed by atoms with Crippen molar-refractivity contribution in [2.24, 2.45) is 0 Å². The summed E-state index contributed by atoms with van der Waals surface area (Å²) in [5.41, 5.74) is 3.20. The molecule has 0 fully saturated rings. The Morgan fingerprint density at radius 2 is 1.89 bits per heavy atom. The largest absolute Gasteiger partial charge is 0.497 e. The molecule has 35 heavy (non-hydrogen) atoms. The third kappa shape index (κ3) is 5.63. The van der Waals surface area contributed by atoms with Crippen LogP contribution in [0.1, 0.15) is 16.7 Å². The van der Waals surface area contributed by atoms with Crippen molar-refractivity contribution in [3.05, 3.63) is 106 Å². The van der Waals surface area contributed by atoms with E-state index >= 15 is 0 Å². The first-order valence-electron chi connectivity index (χ1n) is 11.0. The molecule has 1 amide bonds. The van der Waals surface area contributed by atoms with Crippen LogP contribution in [0.3, 0.4) is 0 Å². The molecule has 1 N–H and O–H groups in total. The number of anilines is 1. The van der Waals surface area contributed by atoms with Gasteiger partial charge in [0.25, 0.3) is 5.91 Å². The van der Waals surface area contributed by atoms with Gasteiger partial charge in [0, 0.05) is 27.9 Å². The van der Waals surface area contributed by atoms with Gasteiger partial charge < -0.3 is 14.8 Å². The summed E-state index contributed by atoms with van der Waals surface area (Å²) in [6.07, 6.45) is 1.50. The number of aryl methyl sites for hydroxylation is 1. The second kappa shape index (κ2) is 10.8. The number of rotatable bonds is 7. The van der Waals surface area contributed by atoms with Crippen LogP contribution in [0.2, 0.25) is 5.02 Å². The molecule has 0 aromatic heterocycles. The van der Waals surface area contributed by atoms with Gasteiger partial charge in [-0.25, -0.2) is 0 Å². The van der Waals surface area contributed by atoms with Crippen LogP contribution in [0.15, 0.2) is 84.4 Å². The van der Waals surface area contributed by atoms with Crippen LogP contribution in [-0.2, 0) is 11.4 Å². The molecule has 6 heteroatoms. The fraction of sp³-hybridized carbons (Fsp3) is 0.103. The van der Waals surface area contributed by atoms with Gasteiger partial charge in [-0.2, -0.15) is 5.26 Å². The molecule has 5 nitrogen and oxygen atoms in total. The van der Waals surface area contributed by atoms with E-state index in [4.69, 9.17) is 21.1 Å². The minimum atomic E-state index is -0.540. The Morgan fingerprint density at radius 1 is 1.06 bits per heavy atom. The number of methoxy groups -OCH3 is 1. The number of amides is 1. The summed E-state index contributed by atoms with van der Waals surface area (Å²) in [6, 6.07) is 26.3. The number of benzene rings is 4. The molecule has 0 spiro atoms. The summed E-state index contributed by atoms with van der Waals surface area (Å²) in [7, 11) is 1.57. The molecule has 0 radical (unpaired) electrons. The van der Waals surface area contributed by atoms with Crippen molar-refractivity contribution >= 4 is 40.0 Å². The molecule has 0 bridgehead atoms. The lowest BCUT2D eigenvalue weighted by Crippen LogP contribution is -2.13. The summed E-state index contributed by atoms with van der Waals surface area (Å²) in [5, 5.41) is 15.1. The third-order valence-corrected chi connectivity index (χ3v) is 5.85. The first kappa shape index (κ1) is 23.9. The maximum atomic E-state index is 12.8. The van der Waals surface area contributed by atoms with Crippen LogP contribution in [-0.4, -0.2) is 13.0 Å². The highest BCUT2D eigenvalue weighted by atomic mass is 35.5. The number of carbonyl (C=O) groups excluding carboxylic acids is 1. The van der Waals surface area contributed by atoms with Crippen LogP contribution in [0.5, 0.6) is 11.5 Å². The highest BCUT2D eigenvalue weighted by molar-refractivity contribution is 6.31. The van der Waals surface area contributed by atoms with Gasteiger partial charge in [-0.05, 0) is 59.7 Å². The van der Waals surface area contributed by atoms with Gasteiger partial charge in [-0.3, -0.25) is 4.79 Å². The van der Waals surface area contributed by atoms with E-state index in [9.17, 15) is 10.1 Å². The molecule has 4 rings (SSSR count). The SMILES string of the molecule is COc1ccc(/C=C(\C#N)C(=O)Nc2cccc(Cl)c2)c(OCc2c(C)ccc3ccccc23)c1. The first-order valence-corrected chi connectivity index (χ1v) is 11.3. The second-order valence-corrected chi connectivity index (χ2v) is 8.35. The number of fused-ring (bicyclic) bond motifs is 1. The fourth-order valence-corrected chi connectivity index (χ4v) is 3.93. The number of carbonyl (C=O) groups is 1. The summed E-state index contributed by atoms with van der Waals surface area (Å²) in [4.78, 5) is 12.8. The molecule has 0 aliphatic heterocycles. The van der Waals surface area contributed by atoms with E-state index in [0.29, 0.717) is 34.4 Å².